The Balaban J connectivity index is 2.04. The number of carbonyl (C=O) groups is 1. The molecule has 1 aromatic heterocycles. The predicted octanol–water partition coefficient (Wildman–Crippen LogP) is 3.77. The number of aromatic nitrogens is 2. The molecule has 0 aliphatic rings. The largest absolute Gasteiger partial charge is 0.465 e. The number of benzene rings is 2. The van der Waals surface area contributed by atoms with Gasteiger partial charge in [-0.15, -0.1) is 0 Å². The van der Waals surface area contributed by atoms with Gasteiger partial charge in [0.05, 0.1) is 22.9 Å². The van der Waals surface area contributed by atoms with Crippen LogP contribution in [0.3, 0.4) is 0 Å². The second-order valence-electron chi connectivity index (χ2n) is 4.87. The van der Waals surface area contributed by atoms with E-state index in [1.807, 2.05) is 0 Å². The second kappa shape index (κ2) is 6.70. The Kier molecular flexibility index (Phi) is 4.44. The number of hydrogen-bond acceptors (Lipinski definition) is 7. The van der Waals surface area contributed by atoms with E-state index in [1.165, 1.54) is 24.5 Å². The van der Waals surface area contributed by atoms with Crippen LogP contribution < -0.4 is 4.74 Å². The van der Waals surface area contributed by atoms with Crippen molar-refractivity contribution in [2.24, 2.45) is 0 Å². The lowest BCUT2D eigenvalue weighted by Gasteiger charge is -2.09. The molecule has 9 heteroatoms. The molecule has 3 rings (SSSR count). The van der Waals surface area contributed by atoms with Gasteiger partial charge in [-0.1, -0.05) is 11.6 Å². The molecule has 0 atom stereocenters. The zero-order chi connectivity index (χ0) is 18.0. The number of nitrogens with zero attached hydrogens (tertiary/aromatic N) is 3. The Bertz CT molecular complexity index is 993. The molecule has 0 N–H and O–H groups in total. The van der Waals surface area contributed by atoms with Gasteiger partial charge in [-0.25, -0.2) is 14.8 Å². The molecule has 2 aromatic carbocycles. The third-order valence-corrected chi connectivity index (χ3v) is 3.58. The summed E-state index contributed by atoms with van der Waals surface area (Å²) in [5.41, 5.74) is -0.0162. The van der Waals surface area contributed by atoms with Crippen molar-refractivity contribution in [1.29, 1.82) is 0 Å². The molecule has 126 valence electrons. The zero-order valence-corrected chi connectivity index (χ0v) is 13.6. The van der Waals surface area contributed by atoms with Gasteiger partial charge in [0.1, 0.15) is 17.6 Å². The van der Waals surface area contributed by atoms with Crippen molar-refractivity contribution in [3.8, 4) is 11.6 Å². The fourth-order valence-corrected chi connectivity index (χ4v) is 2.38. The summed E-state index contributed by atoms with van der Waals surface area (Å²) in [6.45, 7) is 0. The maximum atomic E-state index is 11.8. The molecule has 1 heterocycles. The van der Waals surface area contributed by atoms with Gasteiger partial charge in [0, 0.05) is 17.2 Å². The molecule has 25 heavy (non-hydrogen) atoms. The monoisotopic (exact) mass is 359 g/mol. The number of ether oxygens (including phenoxy) is 2. The summed E-state index contributed by atoms with van der Waals surface area (Å²) in [5.74, 6) is -0.413. The van der Waals surface area contributed by atoms with E-state index in [-0.39, 0.29) is 22.9 Å². The Morgan fingerprint density at radius 2 is 2.00 bits per heavy atom. The Hall–Kier alpha value is -3.26. The second-order valence-corrected chi connectivity index (χ2v) is 5.31. The van der Waals surface area contributed by atoms with Crippen LogP contribution in [-0.4, -0.2) is 28.0 Å². The molecule has 8 nitrogen and oxygen atoms in total. The molecule has 0 saturated heterocycles. The van der Waals surface area contributed by atoms with Crippen molar-refractivity contribution in [3.63, 3.8) is 0 Å². The highest BCUT2D eigenvalue weighted by atomic mass is 35.5. The number of rotatable bonds is 4. The first kappa shape index (κ1) is 16.6. The molecule has 0 saturated carbocycles. The number of carbonyl (C=O) groups excluding carboxylic acids is 1. The first-order chi connectivity index (χ1) is 12.0. The summed E-state index contributed by atoms with van der Waals surface area (Å²) >= 11 is 5.93. The minimum Gasteiger partial charge on any atom is -0.465 e. The van der Waals surface area contributed by atoms with E-state index in [1.54, 1.807) is 18.2 Å². The number of esters is 1. The van der Waals surface area contributed by atoms with Crippen molar-refractivity contribution >= 4 is 34.2 Å². The van der Waals surface area contributed by atoms with E-state index in [2.05, 4.69) is 14.7 Å². The Labute approximate surface area is 146 Å². The lowest BCUT2D eigenvalue weighted by Crippen LogP contribution is -2.06. The molecule has 3 aromatic rings. The van der Waals surface area contributed by atoms with Crippen LogP contribution in [0.25, 0.3) is 10.9 Å². The van der Waals surface area contributed by atoms with Crippen molar-refractivity contribution in [3.05, 3.63) is 63.4 Å². The fraction of sp³-hybridized carbons (Fsp3) is 0.0625. The summed E-state index contributed by atoms with van der Waals surface area (Å²) in [6, 6.07) is 8.78. The van der Waals surface area contributed by atoms with Gasteiger partial charge in [-0.2, -0.15) is 0 Å². The minimum atomic E-state index is -0.837. The van der Waals surface area contributed by atoms with Gasteiger partial charge >= 0.3 is 5.97 Å². The van der Waals surface area contributed by atoms with E-state index < -0.39 is 10.9 Å². The number of hydrogen-bond donors (Lipinski definition) is 0. The van der Waals surface area contributed by atoms with Gasteiger partial charge in [0.25, 0.3) is 5.69 Å². The first-order valence-corrected chi connectivity index (χ1v) is 7.32. The normalized spacial score (nSPS) is 10.5. The quantitative estimate of drug-likeness (QED) is 0.396. The lowest BCUT2D eigenvalue weighted by atomic mass is 10.1. The molecule has 0 aliphatic heterocycles. The van der Waals surface area contributed by atoms with Crippen LogP contribution in [0.1, 0.15) is 10.4 Å². The topological polar surface area (TPSA) is 104 Å². The summed E-state index contributed by atoms with van der Waals surface area (Å²) in [4.78, 5) is 30.3. The molecule has 0 unspecified atom stereocenters. The van der Waals surface area contributed by atoms with Crippen LogP contribution in [0.4, 0.5) is 5.69 Å². The highest BCUT2D eigenvalue weighted by Crippen LogP contribution is 2.31. The maximum Gasteiger partial charge on any atom is 0.345 e. The molecule has 0 amide bonds. The van der Waals surface area contributed by atoms with Crippen LogP contribution in [0.2, 0.25) is 5.02 Å². The van der Waals surface area contributed by atoms with E-state index >= 15 is 0 Å². The van der Waals surface area contributed by atoms with Gasteiger partial charge in [0.2, 0.25) is 5.88 Å². The van der Waals surface area contributed by atoms with E-state index in [0.29, 0.717) is 15.9 Å². The molecule has 0 radical (unpaired) electrons. The standard InChI is InChI=1S/C16H10ClN3O5/c1-24-16(21)12-7-10(3-5-14(12)20(22)23)25-15-11-4-2-9(17)6-13(11)18-8-19-15/h2-8H,1H3. The van der Waals surface area contributed by atoms with E-state index in [0.717, 1.165) is 7.11 Å². The van der Waals surface area contributed by atoms with Crippen LogP contribution in [0.15, 0.2) is 42.7 Å². The molecule has 0 fully saturated rings. The summed E-state index contributed by atoms with van der Waals surface area (Å²) in [6.07, 6.45) is 1.31. The summed E-state index contributed by atoms with van der Waals surface area (Å²) in [7, 11) is 1.14. The highest BCUT2D eigenvalue weighted by Gasteiger charge is 2.22. The fourth-order valence-electron chi connectivity index (χ4n) is 2.21. The van der Waals surface area contributed by atoms with Crippen molar-refractivity contribution in [2.75, 3.05) is 7.11 Å². The molecule has 0 aliphatic carbocycles. The average molecular weight is 360 g/mol. The Morgan fingerprint density at radius 1 is 1.20 bits per heavy atom. The van der Waals surface area contributed by atoms with Crippen molar-refractivity contribution in [2.45, 2.75) is 0 Å². The molecular formula is C16H10ClN3O5. The molecular weight excluding hydrogens is 350 g/mol. The van der Waals surface area contributed by atoms with Crippen LogP contribution in [-0.2, 0) is 4.74 Å². The summed E-state index contributed by atoms with van der Waals surface area (Å²) in [5, 5.41) is 12.2. The van der Waals surface area contributed by atoms with Gasteiger partial charge in [-0.05, 0) is 24.3 Å². The Morgan fingerprint density at radius 3 is 2.72 bits per heavy atom. The zero-order valence-electron chi connectivity index (χ0n) is 12.8. The third-order valence-electron chi connectivity index (χ3n) is 3.35. The smallest absolute Gasteiger partial charge is 0.345 e. The van der Waals surface area contributed by atoms with E-state index in [4.69, 9.17) is 16.3 Å². The van der Waals surface area contributed by atoms with Gasteiger partial charge in [0.15, 0.2) is 0 Å². The maximum absolute atomic E-state index is 11.8. The number of nitro benzene ring substituents is 1. The number of nitro groups is 1. The van der Waals surface area contributed by atoms with Crippen LogP contribution in [0, 0.1) is 10.1 Å². The van der Waals surface area contributed by atoms with Gasteiger partial charge in [-0.3, -0.25) is 10.1 Å². The van der Waals surface area contributed by atoms with Crippen LogP contribution in [0.5, 0.6) is 11.6 Å². The molecule has 0 spiro atoms. The SMILES string of the molecule is COC(=O)c1cc(Oc2ncnc3cc(Cl)ccc23)ccc1[N+](=O)[O-]. The highest BCUT2D eigenvalue weighted by molar-refractivity contribution is 6.31. The molecule has 0 bridgehead atoms. The van der Waals surface area contributed by atoms with Crippen molar-refractivity contribution < 1.29 is 19.2 Å². The third kappa shape index (κ3) is 3.33. The number of halogens is 1. The van der Waals surface area contributed by atoms with Crippen molar-refractivity contribution in [1.82, 2.24) is 9.97 Å². The van der Waals surface area contributed by atoms with Crippen LogP contribution >= 0.6 is 11.6 Å². The van der Waals surface area contributed by atoms with E-state index in [9.17, 15) is 14.9 Å². The first-order valence-electron chi connectivity index (χ1n) is 6.94. The minimum absolute atomic E-state index is 0.195. The number of methoxy groups -OCH3 is 1. The predicted molar refractivity (Wildman–Crippen MR) is 89.1 cm³/mol. The van der Waals surface area contributed by atoms with Gasteiger partial charge < -0.3 is 9.47 Å². The summed E-state index contributed by atoms with van der Waals surface area (Å²) < 4.78 is 10.3. The average Bonchev–Trinajstić information content (AvgIpc) is 2.60. The number of fused-ring (bicyclic) bond motifs is 1. The lowest BCUT2D eigenvalue weighted by molar-refractivity contribution is -0.385.